The van der Waals surface area contributed by atoms with E-state index in [0.29, 0.717) is 13.2 Å². The topological polar surface area (TPSA) is 31.4 Å². The second kappa shape index (κ2) is 8.06. The zero-order chi connectivity index (χ0) is 11.8. The van der Waals surface area contributed by atoms with Crippen LogP contribution in [0.1, 0.15) is 13.8 Å². The minimum Gasteiger partial charge on any atom is -0.352 e. The van der Waals surface area contributed by atoms with Gasteiger partial charge in [-0.15, -0.1) is 11.8 Å². The van der Waals surface area contributed by atoms with Crippen molar-refractivity contribution in [2.24, 2.45) is 0 Å². The Morgan fingerprint density at radius 2 is 2.00 bits per heavy atom. The molecule has 0 saturated carbocycles. The predicted molar refractivity (Wildman–Crippen MR) is 69.7 cm³/mol. The minimum absolute atomic E-state index is 0.140. The van der Waals surface area contributed by atoms with E-state index in [1.54, 1.807) is 18.0 Å². The first-order valence-electron chi connectivity index (χ1n) is 5.22. The molecule has 16 heavy (non-hydrogen) atoms. The molecule has 0 aliphatic heterocycles. The van der Waals surface area contributed by atoms with Crippen LogP contribution in [0.15, 0.2) is 27.8 Å². The maximum atomic E-state index is 5.46. The number of hydrogen-bond acceptors (Lipinski definition) is 4. The normalized spacial score (nSPS) is 11.0. The average Bonchev–Trinajstić information content (AvgIpc) is 2.27. The van der Waals surface area contributed by atoms with Gasteiger partial charge in [0.1, 0.15) is 0 Å². The third-order valence-corrected chi connectivity index (χ3v) is 3.20. The summed E-state index contributed by atoms with van der Waals surface area (Å²) in [4.78, 5) is 5.21. The molecule has 0 saturated heterocycles. The number of halogens is 1. The summed E-state index contributed by atoms with van der Waals surface area (Å²) < 4.78 is 11.9. The molecule has 0 N–H and O–H groups in total. The van der Waals surface area contributed by atoms with Crippen LogP contribution in [-0.4, -0.2) is 30.2 Å². The van der Waals surface area contributed by atoms with E-state index in [9.17, 15) is 0 Å². The smallest absolute Gasteiger partial charge is 0.166 e. The summed E-state index contributed by atoms with van der Waals surface area (Å²) >= 11 is 5.07. The van der Waals surface area contributed by atoms with E-state index in [0.717, 1.165) is 15.1 Å². The molecule has 0 spiro atoms. The molecule has 0 radical (unpaired) electrons. The lowest BCUT2D eigenvalue weighted by Crippen LogP contribution is -2.19. The molecule has 0 aliphatic carbocycles. The van der Waals surface area contributed by atoms with E-state index < -0.39 is 0 Å². The van der Waals surface area contributed by atoms with E-state index in [2.05, 4.69) is 20.9 Å². The summed E-state index contributed by atoms with van der Waals surface area (Å²) in [6, 6.07) is 2.03. The summed E-state index contributed by atoms with van der Waals surface area (Å²) in [7, 11) is 0. The molecule has 0 bridgehead atoms. The molecule has 1 aromatic rings. The van der Waals surface area contributed by atoms with E-state index in [-0.39, 0.29) is 6.29 Å². The molecule has 1 rings (SSSR count). The highest BCUT2D eigenvalue weighted by Gasteiger charge is 2.08. The number of rotatable bonds is 7. The van der Waals surface area contributed by atoms with E-state index in [1.807, 2.05) is 26.1 Å². The Kier molecular flexibility index (Phi) is 7.03. The zero-order valence-corrected chi connectivity index (χ0v) is 11.9. The standard InChI is InChI=1S/C11H16BrNO2S/c1-3-14-11(15-4-2)8-16-10-5-9(12)6-13-7-10/h5-7,11H,3-4,8H2,1-2H3. The molecular weight excluding hydrogens is 290 g/mol. The third-order valence-electron chi connectivity index (χ3n) is 1.77. The lowest BCUT2D eigenvalue weighted by molar-refractivity contribution is -0.120. The van der Waals surface area contributed by atoms with Gasteiger partial charge in [-0.05, 0) is 35.8 Å². The molecule has 0 amide bonds. The maximum absolute atomic E-state index is 5.46. The summed E-state index contributed by atoms with van der Waals surface area (Å²) in [5.41, 5.74) is 0. The van der Waals surface area contributed by atoms with Crippen molar-refractivity contribution in [1.82, 2.24) is 4.98 Å². The summed E-state index contributed by atoms with van der Waals surface area (Å²) in [5, 5.41) is 0. The highest BCUT2D eigenvalue weighted by atomic mass is 79.9. The Balaban J connectivity index is 2.41. The van der Waals surface area contributed by atoms with Crippen LogP contribution < -0.4 is 0 Å². The van der Waals surface area contributed by atoms with Gasteiger partial charge in [0.05, 0.1) is 0 Å². The van der Waals surface area contributed by atoms with Crippen LogP contribution in [0.5, 0.6) is 0 Å². The second-order valence-corrected chi connectivity index (χ2v) is 5.00. The first-order chi connectivity index (χ1) is 7.76. The van der Waals surface area contributed by atoms with Crippen LogP contribution in [0.4, 0.5) is 0 Å². The largest absolute Gasteiger partial charge is 0.352 e. The maximum Gasteiger partial charge on any atom is 0.166 e. The molecule has 1 heterocycles. The van der Waals surface area contributed by atoms with Crippen molar-refractivity contribution in [3.05, 3.63) is 22.9 Å². The zero-order valence-electron chi connectivity index (χ0n) is 9.48. The third kappa shape index (κ3) is 5.30. The van der Waals surface area contributed by atoms with Gasteiger partial charge in [-0.1, -0.05) is 0 Å². The predicted octanol–water partition coefficient (Wildman–Crippen LogP) is 3.34. The molecule has 0 aromatic carbocycles. The van der Waals surface area contributed by atoms with Crippen molar-refractivity contribution in [1.29, 1.82) is 0 Å². The molecule has 1 aromatic heterocycles. The number of aromatic nitrogens is 1. The Morgan fingerprint density at radius 3 is 2.56 bits per heavy atom. The minimum atomic E-state index is -0.140. The summed E-state index contributed by atoms with van der Waals surface area (Å²) in [6.07, 6.45) is 3.47. The van der Waals surface area contributed by atoms with Crippen LogP contribution >= 0.6 is 27.7 Å². The van der Waals surface area contributed by atoms with Crippen LogP contribution in [0.2, 0.25) is 0 Å². The van der Waals surface area contributed by atoms with Crippen LogP contribution in [-0.2, 0) is 9.47 Å². The monoisotopic (exact) mass is 305 g/mol. The van der Waals surface area contributed by atoms with Gasteiger partial charge >= 0.3 is 0 Å². The average molecular weight is 306 g/mol. The van der Waals surface area contributed by atoms with E-state index in [1.165, 1.54) is 0 Å². The fourth-order valence-electron chi connectivity index (χ4n) is 1.15. The molecule has 0 atom stereocenters. The van der Waals surface area contributed by atoms with Gasteiger partial charge in [-0.3, -0.25) is 4.98 Å². The lowest BCUT2D eigenvalue weighted by Gasteiger charge is -2.16. The van der Waals surface area contributed by atoms with Gasteiger partial charge in [0.25, 0.3) is 0 Å². The van der Waals surface area contributed by atoms with E-state index in [4.69, 9.17) is 9.47 Å². The Hall–Kier alpha value is -0.100. The van der Waals surface area contributed by atoms with Crippen molar-refractivity contribution in [2.45, 2.75) is 25.0 Å². The SMILES string of the molecule is CCOC(CSc1cncc(Br)c1)OCC. The molecule has 3 nitrogen and oxygen atoms in total. The van der Waals surface area contributed by atoms with Crippen LogP contribution in [0, 0.1) is 0 Å². The Bertz CT molecular complexity index is 306. The highest BCUT2D eigenvalue weighted by molar-refractivity contribution is 9.10. The van der Waals surface area contributed by atoms with Gasteiger partial charge in [-0.25, -0.2) is 0 Å². The lowest BCUT2D eigenvalue weighted by atomic mass is 10.5. The molecule has 90 valence electrons. The van der Waals surface area contributed by atoms with Gasteiger partial charge in [-0.2, -0.15) is 0 Å². The quantitative estimate of drug-likeness (QED) is 0.571. The fourth-order valence-corrected chi connectivity index (χ4v) is 2.53. The van der Waals surface area contributed by atoms with Gasteiger partial charge in [0.2, 0.25) is 0 Å². The van der Waals surface area contributed by atoms with Crippen molar-refractivity contribution in [3.8, 4) is 0 Å². The Morgan fingerprint density at radius 1 is 1.31 bits per heavy atom. The first kappa shape index (κ1) is 14.0. The Labute approximate surface area is 109 Å². The van der Waals surface area contributed by atoms with E-state index >= 15 is 0 Å². The van der Waals surface area contributed by atoms with Crippen molar-refractivity contribution in [2.75, 3.05) is 19.0 Å². The van der Waals surface area contributed by atoms with Gasteiger partial charge in [0.15, 0.2) is 6.29 Å². The van der Waals surface area contributed by atoms with Crippen molar-refractivity contribution >= 4 is 27.7 Å². The van der Waals surface area contributed by atoms with Gasteiger partial charge < -0.3 is 9.47 Å². The second-order valence-electron chi connectivity index (χ2n) is 2.99. The number of nitrogens with zero attached hydrogens (tertiary/aromatic N) is 1. The summed E-state index contributed by atoms with van der Waals surface area (Å²) in [5.74, 6) is 0.778. The number of thioether (sulfide) groups is 1. The highest BCUT2D eigenvalue weighted by Crippen LogP contribution is 2.22. The number of hydrogen-bond donors (Lipinski definition) is 0. The fraction of sp³-hybridized carbons (Fsp3) is 0.545. The number of ether oxygens (including phenoxy) is 2. The van der Waals surface area contributed by atoms with Crippen molar-refractivity contribution in [3.63, 3.8) is 0 Å². The number of pyridine rings is 1. The molecule has 0 aliphatic rings. The van der Waals surface area contributed by atoms with Gasteiger partial charge in [0, 0.05) is 40.7 Å². The molecule has 0 fully saturated rings. The first-order valence-corrected chi connectivity index (χ1v) is 7.00. The molecule has 5 heteroatoms. The van der Waals surface area contributed by atoms with Crippen LogP contribution in [0.25, 0.3) is 0 Å². The molecule has 0 unspecified atom stereocenters. The summed E-state index contributed by atoms with van der Waals surface area (Å²) in [6.45, 7) is 5.28. The molecular formula is C11H16BrNO2S. The van der Waals surface area contributed by atoms with Crippen molar-refractivity contribution < 1.29 is 9.47 Å². The van der Waals surface area contributed by atoms with Crippen LogP contribution in [0.3, 0.4) is 0 Å².